The fraction of sp³-hybridized carbons (Fsp3) is 0. The lowest BCUT2D eigenvalue weighted by Crippen LogP contribution is -2.11. The molecule has 302 valence electrons. The molecule has 0 saturated carbocycles. The molecule has 0 fully saturated rings. The lowest BCUT2D eigenvalue weighted by Gasteiger charge is -2.25. The van der Waals surface area contributed by atoms with Crippen LogP contribution in [0.4, 0.5) is 34.1 Å². The third-order valence-electron chi connectivity index (χ3n) is 11.8. The number of hydrogen-bond acceptors (Lipinski definition) is 6. The minimum atomic E-state index is 0.514. The molecule has 0 saturated heterocycles. The maximum Gasteiger partial charge on any atom is 0.240 e. The number of nitrogens with zero attached hydrogens (tertiary/aromatic N) is 8. The monoisotopic (exact) mass is 822 g/mol. The third kappa shape index (κ3) is 6.32. The van der Waals surface area contributed by atoms with Crippen molar-refractivity contribution in [2.45, 2.75) is 0 Å². The van der Waals surface area contributed by atoms with Crippen molar-refractivity contribution in [1.29, 1.82) is 0 Å². The first-order valence-corrected chi connectivity index (χ1v) is 21.3. The lowest BCUT2D eigenvalue weighted by atomic mass is 10.1. The first-order chi connectivity index (χ1) is 31.8. The Balaban J connectivity index is 1.08. The molecule has 0 amide bonds. The molecular weight excluding hydrogens is 785 g/mol. The Morgan fingerprint density at radius 1 is 0.297 bits per heavy atom. The minimum absolute atomic E-state index is 0.514. The highest BCUT2D eigenvalue weighted by atomic mass is 15.3. The molecule has 4 aromatic heterocycles. The van der Waals surface area contributed by atoms with Crippen molar-refractivity contribution in [2.75, 3.05) is 9.80 Å². The van der Waals surface area contributed by atoms with E-state index in [0.29, 0.717) is 17.7 Å². The number of fused-ring (bicyclic) bond motifs is 6. The van der Waals surface area contributed by atoms with Gasteiger partial charge in [-0.25, -0.2) is 0 Å². The van der Waals surface area contributed by atoms with E-state index in [9.17, 15) is 0 Å². The Labute approximate surface area is 369 Å². The maximum absolute atomic E-state index is 5.42. The lowest BCUT2D eigenvalue weighted by molar-refractivity contribution is 0.892. The van der Waals surface area contributed by atoms with Crippen LogP contribution in [-0.4, -0.2) is 29.1 Å². The largest absolute Gasteiger partial charge is 0.310 e. The van der Waals surface area contributed by atoms with Crippen LogP contribution >= 0.6 is 0 Å². The van der Waals surface area contributed by atoms with Crippen molar-refractivity contribution < 1.29 is 0 Å². The number of anilines is 6. The summed E-state index contributed by atoms with van der Waals surface area (Å²) < 4.78 is 4.34. The summed E-state index contributed by atoms with van der Waals surface area (Å²) in [5.41, 5.74) is 11.2. The normalized spacial score (nSPS) is 11.4. The highest BCUT2D eigenvalue weighted by Crippen LogP contribution is 2.42. The van der Waals surface area contributed by atoms with E-state index in [-0.39, 0.29) is 0 Å². The van der Waals surface area contributed by atoms with Crippen LogP contribution in [0.2, 0.25) is 0 Å². The van der Waals surface area contributed by atoms with Gasteiger partial charge in [0.05, 0.1) is 22.1 Å². The third-order valence-corrected chi connectivity index (χ3v) is 11.8. The van der Waals surface area contributed by atoms with Crippen molar-refractivity contribution >= 4 is 77.7 Å². The molecule has 0 radical (unpaired) electrons. The topological polar surface area (TPSA) is 67.9 Å². The van der Waals surface area contributed by atoms with Gasteiger partial charge in [-0.3, -0.25) is 14.1 Å². The quantitative estimate of drug-likeness (QED) is 0.144. The van der Waals surface area contributed by atoms with E-state index in [0.717, 1.165) is 83.3 Å². The SMILES string of the molecule is c1ccc(N(c2ccccc2)c2ccc3c(c2)c2ccccc2n3-c2nc(-c3ccncc3)nc(-n3c4ccccc4c4cc(N(c5ccccc5)c5ccccc5)ccc43)n2)cc1. The molecule has 64 heavy (non-hydrogen) atoms. The van der Waals surface area contributed by atoms with Gasteiger partial charge in [-0.05, 0) is 109 Å². The molecule has 0 aliphatic rings. The zero-order chi connectivity index (χ0) is 42.4. The van der Waals surface area contributed by atoms with Gasteiger partial charge < -0.3 is 9.80 Å². The number of para-hydroxylation sites is 6. The zero-order valence-electron chi connectivity index (χ0n) is 34.5. The van der Waals surface area contributed by atoms with Gasteiger partial charge in [0.25, 0.3) is 0 Å². The van der Waals surface area contributed by atoms with Gasteiger partial charge in [-0.1, -0.05) is 109 Å². The molecule has 0 atom stereocenters. The average Bonchev–Trinajstić information content (AvgIpc) is 3.88. The molecular formula is C56H38N8. The summed E-state index contributed by atoms with van der Waals surface area (Å²) in [5.74, 6) is 1.58. The Morgan fingerprint density at radius 2 is 0.656 bits per heavy atom. The van der Waals surface area contributed by atoms with Crippen molar-refractivity contribution in [3.63, 3.8) is 0 Å². The van der Waals surface area contributed by atoms with Gasteiger partial charge in [0.15, 0.2) is 5.82 Å². The Hall–Kier alpha value is -8.88. The molecule has 0 N–H and O–H groups in total. The van der Waals surface area contributed by atoms with E-state index in [1.807, 2.05) is 12.1 Å². The van der Waals surface area contributed by atoms with Crippen LogP contribution in [0, 0.1) is 0 Å². The van der Waals surface area contributed by atoms with E-state index >= 15 is 0 Å². The molecule has 0 bridgehead atoms. The minimum Gasteiger partial charge on any atom is -0.310 e. The van der Waals surface area contributed by atoms with Gasteiger partial charge in [0, 0.05) is 73.6 Å². The van der Waals surface area contributed by atoms with Crippen LogP contribution in [0.5, 0.6) is 0 Å². The first kappa shape index (κ1) is 36.9. The molecule has 8 heteroatoms. The van der Waals surface area contributed by atoms with Crippen LogP contribution in [0.3, 0.4) is 0 Å². The highest BCUT2D eigenvalue weighted by Gasteiger charge is 2.23. The van der Waals surface area contributed by atoms with Crippen molar-refractivity contribution in [1.82, 2.24) is 29.1 Å². The van der Waals surface area contributed by atoms with Gasteiger partial charge in [0.1, 0.15) is 0 Å². The van der Waals surface area contributed by atoms with E-state index in [1.165, 1.54) is 0 Å². The number of pyridine rings is 1. The van der Waals surface area contributed by atoms with Gasteiger partial charge in [0.2, 0.25) is 11.9 Å². The van der Waals surface area contributed by atoms with Crippen LogP contribution in [0.15, 0.2) is 231 Å². The summed E-state index contributed by atoms with van der Waals surface area (Å²) in [7, 11) is 0. The smallest absolute Gasteiger partial charge is 0.240 e. The number of benzene rings is 8. The summed E-state index contributed by atoms with van der Waals surface area (Å²) in [4.78, 5) is 24.8. The Kier molecular flexibility index (Phi) is 8.97. The summed E-state index contributed by atoms with van der Waals surface area (Å²) in [6.07, 6.45) is 3.55. The van der Waals surface area contributed by atoms with Crippen LogP contribution in [-0.2, 0) is 0 Å². The van der Waals surface area contributed by atoms with Crippen LogP contribution in [0.25, 0.3) is 66.9 Å². The van der Waals surface area contributed by atoms with Crippen molar-refractivity contribution in [2.24, 2.45) is 0 Å². The number of rotatable bonds is 9. The molecule has 4 heterocycles. The second kappa shape index (κ2) is 15.5. The molecule has 0 aliphatic heterocycles. The second-order valence-electron chi connectivity index (χ2n) is 15.6. The predicted octanol–water partition coefficient (Wildman–Crippen LogP) is 14.1. The summed E-state index contributed by atoms with van der Waals surface area (Å²) in [6.45, 7) is 0. The average molecular weight is 823 g/mol. The molecule has 8 nitrogen and oxygen atoms in total. The van der Waals surface area contributed by atoms with Crippen molar-refractivity contribution in [3.05, 3.63) is 231 Å². The highest BCUT2D eigenvalue weighted by molar-refractivity contribution is 6.12. The standard InChI is InChI=1S/C56H38N8/c1-5-17-40(18-6-1)61(41-19-7-2-8-20-41)44-29-31-52-48(37-44)46-25-13-15-27-50(46)63(52)55-58-54(39-33-35-57-36-34-39)59-56(60-55)64-51-28-16-14-26-47(51)49-38-45(30-32-53(49)64)62(42-21-9-3-10-22-42)43-23-11-4-12-24-43/h1-38H. The zero-order valence-corrected chi connectivity index (χ0v) is 34.5. The number of hydrogen-bond donors (Lipinski definition) is 0. The summed E-state index contributed by atoms with van der Waals surface area (Å²) in [6, 6.07) is 76.1. The summed E-state index contributed by atoms with van der Waals surface area (Å²) in [5, 5.41) is 4.36. The molecule has 12 aromatic rings. The second-order valence-corrected chi connectivity index (χ2v) is 15.6. The predicted molar refractivity (Wildman–Crippen MR) is 261 cm³/mol. The van der Waals surface area contributed by atoms with Gasteiger partial charge >= 0.3 is 0 Å². The van der Waals surface area contributed by atoms with Crippen LogP contribution in [0.1, 0.15) is 0 Å². The van der Waals surface area contributed by atoms with E-state index in [1.54, 1.807) is 12.4 Å². The van der Waals surface area contributed by atoms with Crippen LogP contribution < -0.4 is 9.80 Å². The number of aromatic nitrogens is 6. The fourth-order valence-electron chi connectivity index (χ4n) is 9.02. The van der Waals surface area contributed by atoms with E-state index < -0.39 is 0 Å². The van der Waals surface area contributed by atoms with Crippen molar-refractivity contribution in [3.8, 4) is 23.3 Å². The molecule has 0 unspecified atom stereocenters. The Bertz CT molecular complexity index is 3310. The Morgan fingerprint density at radius 3 is 1.06 bits per heavy atom. The first-order valence-electron chi connectivity index (χ1n) is 21.3. The van der Waals surface area contributed by atoms with Gasteiger partial charge in [-0.2, -0.15) is 15.0 Å². The molecule has 8 aromatic carbocycles. The summed E-state index contributed by atoms with van der Waals surface area (Å²) >= 11 is 0. The van der Waals surface area contributed by atoms with E-state index in [2.05, 4.69) is 230 Å². The maximum atomic E-state index is 5.42. The molecule has 0 aliphatic carbocycles. The molecule has 12 rings (SSSR count). The fourth-order valence-corrected chi connectivity index (χ4v) is 9.02. The van der Waals surface area contributed by atoms with Gasteiger partial charge in [-0.15, -0.1) is 0 Å². The van der Waals surface area contributed by atoms with E-state index in [4.69, 9.17) is 15.0 Å². The molecule has 0 spiro atoms.